The molecule has 1 unspecified atom stereocenters. The van der Waals surface area contributed by atoms with Crippen molar-refractivity contribution in [3.8, 4) is 16.9 Å². The molecule has 4 heterocycles. The molecule has 2 bridgehead atoms. The number of piperidine rings is 1. The fourth-order valence-electron chi connectivity index (χ4n) is 5.99. The van der Waals surface area contributed by atoms with Crippen LogP contribution in [0.1, 0.15) is 45.6 Å². The zero-order valence-electron chi connectivity index (χ0n) is 21.2. The molecule has 4 fully saturated rings. The molecule has 1 amide bonds. The highest BCUT2D eigenvalue weighted by Gasteiger charge is 2.43. The van der Waals surface area contributed by atoms with Gasteiger partial charge in [-0.05, 0) is 80.9 Å². The maximum absolute atomic E-state index is 12.6. The van der Waals surface area contributed by atoms with Gasteiger partial charge in [-0.1, -0.05) is 43.3 Å². The summed E-state index contributed by atoms with van der Waals surface area (Å²) >= 11 is 0. The lowest BCUT2D eigenvalue weighted by molar-refractivity contribution is -0.120. The van der Waals surface area contributed by atoms with Crippen molar-refractivity contribution in [1.29, 1.82) is 0 Å². The van der Waals surface area contributed by atoms with Crippen molar-refractivity contribution in [2.45, 2.75) is 51.6 Å². The molecule has 6 rings (SSSR count). The number of carbonyl (C=O) groups is 1. The normalized spacial score (nSPS) is 25.4. The minimum atomic E-state index is -0.817. The topological polar surface area (TPSA) is 62.2 Å². The monoisotopic (exact) mass is 478 g/mol. The second kappa shape index (κ2) is 9.47. The van der Waals surface area contributed by atoms with Gasteiger partial charge in [0.25, 0.3) is 0 Å². The lowest BCUT2D eigenvalue weighted by Gasteiger charge is -2.45. The average molecular weight is 479 g/mol. The molecule has 0 radical (unpaired) electrons. The Morgan fingerprint density at radius 1 is 1.03 bits per heavy atom. The molecule has 2 aromatic rings. The minimum absolute atomic E-state index is 0.0657. The zero-order chi connectivity index (χ0) is 24.6. The van der Waals surface area contributed by atoms with E-state index in [2.05, 4.69) is 48.2 Å². The van der Waals surface area contributed by atoms with Gasteiger partial charge in [0.1, 0.15) is 5.75 Å². The Hall–Kier alpha value is -2.57. The summed E-state index contributed by atoms with van der Waals surface area (Å²) in [6.45, 7) is 11.6. The molecule has 6 heteroatoms. The highest BCUT2D eigenvalue weighted by atomic mass is 16.5. The van der Waals surface area contributed by atoms with E-state index < -0.39 is 11.6 Å². The van der Waals surface area contributed by atoms with E-state index in [4.69, 9.17) is 9.47 Å². The summed E-state index contributed by atoms with van der Waals surface area (Å²) in [5.41, 5.74) is 2.77. The molecular formula is C29H38N2O4. The molecule has 0 aliphatic carbocycles. The van der Waals surface area contributed by atoms with Crippen LogP contribution in [0.3, 0.4) is 0 Å². The minimum Gasteiger partial charge on any atom is -0.493 e. The van der Waals surface area contributed by atoms with E-state index in [9.17, 15) is 9.90 Å². The first-order valence-corrected chi connectivity index (χ1v) is 12.9. The summed E-state index contributed by atoms with van der Waals surface area (Å²) in [5, 5.41) is 10.3. The standard InChI is InChI=1S/C29H38N2O4/c1-28(2,31(27(32)33)26-14-17-30-15-12-23(26)13-16-30)24-8-4-21(5-9-24)22-6-10-25(11-7-22)35-20-29(3)18-34-19-29/h4-11,23,26H,12-20H2,1-3H3,(H,32,33). The molecule has 4 aliphatic rings. The SMILES string of the molecule is CC1(COc2ccc(-c3ccc(C(C)(C)N(C(=O)O)C4CCN5CCC4CC5)cc3)cc2)COC1. The van der Waals surface area contributed by atoms with Crippen molar-refractivity contribution in [1.82, 2.24) is 9.80 Å². The van der Waals surface area contributed by atoms with Crippen LogP contribution in [-0.2, 0) is 10.3 Å². The maximum atomic E-state index is 12.6. The number of fused-ring (bicyclic) bond motifs is 4. The Morgan fingerprint density at radius 3 is 2.14 bits per heavy atom. The van der Waals surface area contributed by atoms with Gasteiger partial charge in [-0.15, -0.1) is 0 Å². The van der Waals surface area contributed by atoms with E-state index in [0.29, 0.717) is 12.5 Å². The second-order valence-corrected chi connectivity index (χ2v) is 11.4. The zero-order valence-corrected chi connectivity index (χ0v) is 21.2. The van der Waals surface area contributed by atoms with Crippen molar-refractivity contribution in [3.63, 3.8) is 0 Å². The largest absolute Gasteiger partial charge is 0.493 e. The molecule has 2 aromatic carbocycles. The van der Waals surface area contributed by atoms with E-state index in [-0.39, 0.29) is 11.5 Å². The smallest absolute Gasteiger partial charge is 0.408 e. The van der Waals surface area contributed by atoms with Gasteiger partial charge in [-0.3, -0.25) is 4.90 Å². The van der Waals surface area contributed by atoms with Gasteiger partial charge in [0.15, 0.2) is 0 Å². The van der Waals surface area contributed by atoms with Crippen molar-refractivity contribution in [2.24, 2.45) is 11.3 Å². The lowest BCUT2D eigenvalue weighted by Crippen LogP contribution is -2.53. The fraction of sp³-hybridized carbons (Fsp3) is 0.552. The number of benzene rings is 2. The van der Waals surface area contributed by atoms with Gasteiger partial charge < -0.3 is 19.5 Å². The van der Waals surface area contributed by atoms with Crippen molar-refractivity contribution < 1.29 is 19.4 Å². The molecule has 0 saturated carbocycles. The number of hydrogen-bond donors (Lipinski definition) is 1. The maximum Gasteiger partial charge on any atom is 0.408 e. The van der Waals surface area contributed by atoms with Crippen LogP contribution in [0.4, 0.5) is 4.79 Å². The second-order valence-electron chi connectivity index (χ2n) is 11.4. The van der Waals surface area contributed by atoms with E-state index in [1.165, 1.54) is 0 Å². The highest BCUT2D eigenvalue weighted by molar-refractivity contribution is 5.68. The Kier molecular flexibility index (Phi) is 6.53. The lowest BCUT2D eigenvalue weighted by atomic mass is 9.84. The molecule has 4 aliphatic heterocycles. The number of ether oxygens (including phenoxy) is 2. The number of carboxylic acid groups (broad SMARTS) is 1. The summed E-state index contributed by atoms with van der Waals surface area (Å²) in [7, 11) is 0. The van der Waals surface area contributed by atoms with Crippen LogP contribution in [0.5, 0.6) is 5.75 Å². The van der Waals surface area contributed by atoms with Crippen molar-refractivity contribution in [3.05, 3.63) is 54.1 Å². The van der Waals surface area contributed by atoms with Crippen LogP contribution in [0, 0.1) is 11.3 Å². The van der Waals surface area contributed by atoms with E-state index >= 15 is 0 Å². The van der Waals surface area contributed by atoms with Gasteiger partial charge in [0.2, 0.25) is 0 Å². The summed E-state index contributed by atoms with van der Waals surface area (Å²) in [5.74, 6) is 1.31. The van der Waals surface area contributed by atoms with Crippen molar-refractivity contribution in [2.75, 3.05) is 39.5 Å². The average Bonchev–Trinajstić information content (AvgIpc) is 3.15. The van der Waals surface area contributed by atoms with Gasteiger partial charge in [0, 0.05) is 18.0 Å². The van der Waals surface area contributed by atoms with Crippen LogP contribution in [0.15, 0.2) is 48.5 Å². The Bertz CT molecular complexity index is 1020. The summed E-state index contributed by atoms with van der Waals surface area (Å²) < 4.78 is 11.3. The first-order chi connectivity index (χ1) is 16.7. The molecule has 0 aromatic heterocycles. The van der Waals surface area contributed by atoms with E-state index in [0.717, 1.165) is 74.6 Å². The Balaban J connectivity index is 1.30. The molecule has 35 heavy (non-hydrogen) atoms. The molecule has 1 N–H and O–H groups in total. The third-order valence-corrected chi connectivity index (χ3v) is 8.32. The first kappa shape index (κ1) is 24.1. The van der Waals surface area contributed by atoms with Crippen LogP contribution < -0.4 is 4.74 Å². The van der Waals surface area contributed by atoms with Gasteiger partial charge in [-0.2, -0.15) is 0 Å². The molecule has 1 atom stereocenters. The van der Waals surface area contributed by atoms with E-state index in [1.54, 1.807) is 4.90 Å². The third-order valence-electron chi connectivity index (χ3n) is 8.32. The quantitative estimate of drug-likeness (QED) is 0.572. The summed E-state index contributed by atoms with van der Waals surface area (Å²) in [6, 6.07) is 16.6. The van der Waals surface area contributed by atoms with Crippen LogP contribution in [-0.4, -0.2) is 66.5 Å². The van der Waals surface area contributed by atoms with Crippen LogP contribution >= 0.6 is 0 Å². The number of hydrogen-bond acceptors (Lipinski definition) is 4. The molecular weight excluding hydrogens is 440 g/mol. The molecule has 0 spiro atoms. The predicted octanol–water partition coefficient (Wildman–Crippen LogP) is 5.47. The van der Waals surface area contributed by atoms with Gasteiger partial charge >= 0.3 is 6.09 Å². The molecule has 6 nitrogen and oxygen atoms in total. The van der Waals surface area contributed by atoms with Crippen molar-refractivity contribution >= 4 is 6.09 Å². The number of amides is 1. The number of nitrogens with zero attached hydrogens (tertiary/aromatic N) is 2. The molecule has 4 saturated heterocycles. The first-order valence-electron chi connectivity index (χ1n) is 12.9. The third kappa shape index (κ3) is 4.91. The van der Waals surface area contributed by atoms with E-state index in [1.807, 2.05) is 26.0 Å². The van der Waals surface area contributed by atoms with Crippen LogP contribution in [0.25, 0.3) is 11.1 Å². The predicted molar refractivity (Wildman–Crippen MR) is 137 cm³/mol. The Morgan fingerprint density at radius 2 is 1.60 bits per heavy atom. The van der Waals surface area contributed by atoms with Gasteiger partial charge in [0.05, 0.1) is 25.4 Å². The Labute approximate surface area is 208 Å². The fourth-order valence-corrected chi connectivity index (χ4v) is 5.99. The summed E-state index contributed by atoms with van der Waals surface area (Å²) in [4.78, 5) is 16.8. The highest BCUT2D eigenvalue weighted by Crippen LogP contribution is 2.39. The summed E-state index contributed by atoms with van der Waals surface area (Å²) in [6.07, 6.45) is 2.29. The number of rotatable bonds is 7. The van der Waals surface area contributed by atoms with Crippen LogP contribution in [0.2, 0.25) is 0 Å². The van der Waals surface area contributed by atoms with Gasteiger partial charge in [-0.25, -0.2) is 4.79 Å². The molecule has 188 valence electrons.